The molecule has 0 aromatic carbocycles. The third kappa shape index (κ3) is 1.65. The van der Waals surface area contributed by atoms with Crippen molar-refractivity contribution < 1.29 is 9.90 Å². The Bertz CT molecular complexity index is 1520. The number of Topliss-reactive ketones (excluding diaryl/α,β-unsaturated/α-hetero) is 1. The van der Waals surface area contributed by atoms with E-state index >= 15 is 0 Å². The predicted molar refractivity (Wildman–Crippen MR) is 120 cm³/mol. The van der Waals surface area contributed by atoms with Crippen LogP contribution in [0.4, 0.5) is 0 Å². The van der Waals surface area contributed by atoms with Gasteiger partial charge in [0.15, 0.2) is 11.8 Å². The quantitative estimate of drug-likeness (QED) is 0.327. The minimum atomic E-state index is -0.649. The second-order valence-electron chi connectivity index (χ2n) is 6.75. The van der Waals surface area contributed by atoms with Crippen LogP contribution in [-0.2, 0) is 4.79 Å². The Morgan fingerprint density at radius 2 is 1.14 bits per heavy atom. The van der Waals surface area contributed by atoms with Gasteiger partial charge in [-0.05, 0) is 45.8 Å². The number of carbonyl (C=O) groups excluding carboxylic acids is 1. The topological polar surface area (TPSA) is 47.2 Å². The van der Waals surface area contributed by atoms with Crippen molar-refractivity contribution in [3.8, 4) is 0 Å². The maximum Gasteiger partial charge on any atom is 0.213 e. The monoisotopic (exact) mass is 438 g/mol. The standard InChI is InChI=1S/C20H10N2O2S4/c23-15-13(21-9-1-5-25-17(9)18-10(21)2-6-26-18)16(24)14(15)22-11-3-7-27-19(11)20-12(22)4-8-28-20/h1-8,13,23H. The normalized spacial score (nSPS) is 17.7. The zero-order valence-electron chi connectivity index (χ0n) is 14.1. The third-order valence-electron chi connectivity index (χ3n) is 5.46. The molecule has 0 aliphatic heterocycles. The summed E-state index contributed by atoms with van der Waals surface area (Å²) in [6, 6.07) is 7.47. The van der Waals surface area contributed by atoms with Crippen LogP contribution in [-0.4, -0.2) is 20.0 Å². The number of carbonyl (C=O) groups is 1. The predicted octanol–water partition coefficient (Wildman–Crippen LogP) is 6.70. The van der Waals surface area contributed by atoms with Crippen LogP contribution in [0.2, 0.25) is 0 Å². The van der Waals surface area contributed by atoms with Crippen LogP contribution in [0.25, 0.3) is 46.6 Å². The molecule has 0 saturated carbocycles. The molecule has 6 heterocycles. The van der Waals surface area contributed by atoms with Crippen LogP contribution in [0.3, 0.4) is 0 Å². The zero-order valence-corrected chi connectivity index (χ0v) is 17.3. The van der Waals surface area contributed by atoms with Crippen molar-refractivity contribution in [1.29, 1.82) is 0 Å². The minimum Gasteiger partial charge on any atom is -0.507 e. The number of aliphatic hydroxyl groups is 1. The van der Waals surface area contributed by atoms with Crippen molar-refractivity contribution in [2.45, 2.75) is 6.04 Å². The van der Waals surface area contributed by atoms with Crippen LogP contribution in [0.15, 0.2) is 51.5 Å². The van der Waals surface area contributed by atoms with Gasteiger partial charge in [-0.3, -0.25) is 4.79 Å². The summed E-state index contributed by atoms with van der Waals surface area (Å²) in [7, 11) is 0. The largest absolute Gasteiger partial charge is 0.507 e. The fourth-order valence-corrected chi connectivity index (χ4v) is 8.19. The first-order chi connectivity index (χ1) is 13.8. The number of nitrogens with zero attached hydrogens (tertiary/aromatic N) is 2. The van der Waals surface area contributed by atoms with E-state index in [1.165, 1.54) is 18.8 Å². The second-order valence-corrected chi connectivity index (χ2v) is 10.4. The van der Waals surface area contributed by atoms with Gasteiger partial charge >= 0.3 is 0 Å². The summed E-state index contributed by atoms with van der Waals surface area (Å²) in [5.41, 5.74) is 4.43. The molecule has 1 aliphatic rings. The highest BCUT2D eigenvalue weighted by atomic mass is 32.1. The number of aromatic nitrogens is 2. The van der Waals surface area contributed by atoms with Gasteiger partial charge in [0.1, 0.15) is 5.70 Å². The van der Waals surface area contributed by atoms with E-state index in [2.05, 4.69) is 0 Å². The molecule has 28 heavy (non-hydrogen) atoms. The fourth-order valence-electron chi connectivity index (χ4n) is 4.30. The van der Waals surface area contributed by atoms with Crippen LogP contribution < -0.4 is 0 Å². The van der Waals surface area contributed by atoms with Gasteiger partial charge in [-0.15, -0.1) is 45.3 Å². The molecule has 0 spiro atoms. The number of hydrogen-bond donors (Lipinski definition) is 1. The molecular formula is C20H10N2O2S4. The molecule has 1 unspecified atom stereocenters. The first kappa shape index (κ1) is 15.5. The van der Waals surface area contributed by atoms with Crippen molar-refractivity contribution in [3.63, 3.8) is 0 Å². The lowest BCUT2D eigenvalue weighted by Gasteiger charge is -2.30. The Labute approximate surface area is 173 Å². The molecule has 0 radical (unpaired) electrons. The summed E-state index contributed by atoms with van der Waals surface area (Å²) in [5, 5.41) is 19.3. The van der Waals surface area contributed by atoms with Crippen molar-refractivity contribution in [3.05, 3.63) is 51.5 Å². The molecule has 1 N–H and O–H groups in total. The van der Waals surface area contributed by atoms with Crippen molar-refractivity contribution in [2.24, 2.45) is 0 Å². The number of hydrogen-bond acceptors (Lipinski definition) is 6. The van der Waals surface area contributed by atoms with Crippen molar-refractivity contribution >= 4 is 97.7 Å². The van der Waals surface area contributed by atoms with E-state index in [1.807, 2.05) is 54.9 Å². The van der Waals surface area contributed by atoms with Crippen molar-refractivity contribution in [2.75, 3.05) is 0 Å². The zero-order chi connectivity index (χ0) is 18.6. The number of rotatable bonds is 2. The first-order valence-corrected chi connectivity index (χ1v) is 12.1. The summed E-state index contributed by atoms with van der Waals surface area (Å²) in [4.78, 5) is 13.4. The van der Waals surface area contributed by atoms with E-state index in [0.717, 1.165) is 22.1 Å². The van der Waals surface area contributed by atoms with Gasteiger partial charge in [-0.2, -0.15) is 0 Å². The van der Waals surface area contributed by atoms with E-state index in [0.29, 0.717) is 5.70 Å². The Balaban J connectivity index is 1.52. The summed E-state index contributed by atoms with van der Waals surface area (Å²) in [6.45, 7) is 0. The van der Waals surface area contributed by atoms with Crippen LogP contribution in [0.1, 0.15) is 6.04 Å². The average Bonchev–Trinajstić information content (AvgIpc) is 3.48. The van der Waals surface area contributed by atoms with Gasteiger partial charge in [0.05, 0.1) is 40.9 Å². The van der Waals surface area contributed by atoms with Gasteiger partial charge in [0, 0.05) is 0 Å². The Morgan fingerprint density at radius 3 is 1.61 bits per heavy atom. The number of aliphatic hydroxyl groups excluding tert-OH is 1. The maximum atomic E-state index is 13.4. The van der Waals surface area contributed by atoms with Crippen LogP contribution in [0, 0.1) is 0 Å². The van der Waals surface area contributed by atoms with Gasteiger partial charge in [-0.1, -0.05) is 0 Å². The lowest BCUT2D eigenvalue weighted by Crippen LogP contribution is -2.35. The molecule has 1 atom stereocenters. The summed E-state index contributed by atoms with van der Waals surface area (Å²) >= 11 is 6.70. The smallest absolute Gasteiger partial charge is 0.213 e. The lowest BCUT2D eigenvalue weighted by atomic mass is 9.93. The molecule has 7 rings (SSSR count). The fraction of sp³-hybridized carbons (Fsp3) is 0.0500. The molecule has 0 fully saturated rings. The van der Waals surface area contributed by atoms with Gasteiger partial charge in [-0.25, -0.2) is 0 Å². The third-order valence-corrected chi connectivity index (χ3v) is 9.40. The Kier molecular flexibility index (Phi) is 2.86. The average molecular weight is 439 g/mol. The Morgan fingerprint density at radius 1 is 0.714 bits per heavy atom. The molecule has 136 valence electrons. The van der Waals surface area contributed by atoms with E-state index in [-0.39, 0.29) is 11.5 Å². The van der Waals surface area contributed by atoms with Gasteiger partial charge in [0.25, 0.3) is 0 Å². The highest BCUT2D eigenvalue weighted by Crippen LogP contribution is 2.48. The SMILES string of the molecule is O=C1C(n2c3ccsc3c3sccc32)=C(O)C1n1c2ccsc2c2sccc21. The van der Waals surface area contributed by atoms with Crippen molar-refractivity contribution in [1.82, 2.24) is 9.13 Å². The lowest BCUT2D eigenvalue weighted by molar-refractivity contribution is -0.118. The van der Waals surface area contributed by atoms with Gasteiger partial charge in [0.2, 0.25) is 5.78 Å². The van der Waals surface area contributed by atoms with E-state index in [9.17, 15) is 9.90 Å². The highest BCUT2D eigenvalue weighted by molar-refractivity contribution is 7.26. The van der Waals surface area contributed by atoms with E-state index in [1.54, 1.807) is 45.3 Å². The molecule has 8 heteroatoms. The first-order valence-electron chi connectivity index (χ1n) is 8.63. The number of ketones is 1. The molecule has 4 nitrogen and oxygen atoms in total. The van der Waals surface area contributed by atoms with Crippen LogP contribution in [0.5, 0.6) is 0 Å². The molecule has 0 saturated heterocycles. The minimum absolute atomic E-state index is 0.0371. The summed E-state index contributed by atoms with van der Waals surface area (Å²) in [6.07, 6.45) is 0. The van der Waals surface area contributed by atoms with Crippen LogP contribution >= 0.6 is 45.3 Å². The summed E-state index contributed by atoms with van der Waals surface area (Å²) in [5.74, 6) is 0.113. The van der Waals surface area contributed by atoms with E-state index in [4.69, 9.17) is 0 Å². The number of thiophene rings is 4. The van der Waals surface area contributed by atoms with Gasteiger partial charge < -0.3 is 14.2 Å². The Hall–Kier alpha value is -2.39. The molecular weight excluding hydrogens is 429 g/mol. The summed E-state index contributed by atoms with van der Waals surface area (Å²) < 4.78 is 8.63. The molecule has 1 aliphatic carbocycles. The number of allylic oxidation sites excluding steroid dienone is 2. The van der Waals surface area contributed by atoms with E-state index < -0.39 is 6.04 Å². The second kappa shape index (κ2) is 5.15. The molecule has 0 bridgehead atoms. The molecule has 6 aromatic rings. The maximum absolute atomic E-state index is 13.4. The highest BCUT2D eigenvalue weighted by Gasteiger charge is 2.44. The molecule has 6 aromatic heterocycles. The number of fused-ring (bicyclic) bond motifs is 6. The molecule has 0 amide bonds.